The van der Waals surface area contributed by atoms with E-state index >= 15 is 0 Å². The molecule has 1 amide bonds. The van der Waals surface area contributed by atoms with E-state index in [0.29, 0.717) is 52.2 Å². The van der Waals surface area contributed by atoms with Crippen LogP contribution in [0, 0.1) is 12.7 Å². The lowest BCUT2D eigenvalue weighted by atomic mass is 9.96. The largest absolute Gasteiger partial charge is 0.435 e. The number of benzene rings is 1. The second kappa shape index (κ2) is 7.89. The van der Waals surface area contributed by atoms with Crippen molar-refractivity contribution in [3.63, 3.8) is 0 Å². The van der Waals surface area contributed by atoms with Crippen molar-refractivity contribution in [2.24, 2.45) is 14.1 Å². The Hall–Kier alpha value is -3.76. The van der Waals surface area contributed by atoms with Gasteiger partial charge in [0.15, 0.2) is 5.69 Å². The highest BCUT2D eigenvalue weighted by atomic mass is 19.4. The van der Waals surface area contributed by atoms with Crippen molar-refractivity contribution in [2.45, 2.75) is 32.5 Å². The topological polar surface area (TPSA) is 68.8 Å². The van der Waals surface area contributed by atoms with Crippen LogP contribution in [-0.4, -0.2) is 41.9 Å². The Labute approximate surface area is 198 Å². The average Bonchev–Trinajstić information content (AvgIpc) is 3.32. The third-order valence-corrected chi connectivity index (χ3v) is 6.45. The van der Waals surface area contributed by atoms with Crippen LogP contribution in [0.3, 0.4) is 0 Å². The summed E-state index contributed by atoms with van der Waals surface area (Å²) in [4.78, 5) is 19.7. The molecule has 0 fully saturated rings. The molecule has 3 aromatic heterocycles. The van der Waals surface area contributed by atoms with Gasteiger partial charge in [-0.05, 0) is 50.6 Å². The Kier molecular flexibility index (Phi) is 5.19. The summed E-state index contributed by atoms with van der Waals surface area (Å²) < 4.78 is 56.4. The first-order valence-corrected chi connectivity index (χ1v) is 11.0. The number of hydrogen-bond acceptors (Lipinski definition) is 4. The van der Waals surface area contributed by atoms with Crippen molar-refractivity contribution < 1.29 is 22.4 Å². The zero-order valence-electron chi connectivity index (χ0n) is 19.5. The van der Waals surface area contributed by atoms with Gasteiger partial charge in [-0.3, -0.25) is 19.1 Å². The van der Waals surface area contributed by atoms with Crippen LogP contribution in [0.1, 0.15) is 46.0 Å². The molecule has 0 spiro atoms. The molecule has 182 valence electrons. The Morgan fingerprint density at radius 1 is 1.09 bits per heavy atom. The van der Waals surface area contributed by atoms with Crippen molar-refractivity contribution in [1.29, 1.82) is 0 Å². The fourth-order valence-corrected chi connectivity index (χ4v) is 4.83. The van der Waals surface area contributed by atoms with Gasteiger partial charge in [0, 0.05) is 37.3 Å². The van der Waals surface area contributed by atoms with Gasteiger partial charge < -0.3 is 4.90 Å². The van der Waals surface area contributed by atoms with Gasteiger partial charge in [0.05, 0.1) is 34.2 Å². The Morgan fingerprint density at radius 3 is 2.51 bits per heavy atom. The van der Waals surface area contributed by atoms with E-state index in [2.05, 4.69) is 15.2 Å². The molecule has 1 aromatic carbocycles. The maximum Gasteiger partial charge on any atom is 0.435 e. The molecule has 0 bridgehead atoms. The van der Waals surface area contributed by atoms with E-state index in [-0.39, 0.29) is 5.91 Å². The summed E-state index contributed by atoms with van der Waals surface area (Å²) >= 11 is 0. The lowest BCUT2D eigenvalue weighted by molar-refractivity contribution is -0.141. The third-order valence-electron chi connectivity index (χ3n) is 6.45. The van der Waals surface area contributed by atoms with Gasteiger partial charge in [0.2, 0.25) is 0 Å². The van der Waals surface area contributed by atoms with Crippen LogP contribution in [-0.2, 0) is 26.7 Å². The zero-order chi connectivity index (χ0) is 25.2. The van der Waals surface area contributed by atoms with E-state index in [1.165, 1.54) is 28.5 Å². The van der Waals surface area contributed by atoms with Crippen LogP contribution in [0.2, 0.25) is 0 Å². The van der Waals surface area contributed by atoms with E-state index in [1.54, 1.807) is 31.0 Å². The van der Waals surface area contributed by atoms with E-state index < -0.39 is 23.7 Å². The second-order valence-electron chi connectivity index (χ2n) is 8.77. The highest BCUT2D eigenvalue weighted by Crippen LogP contribution is 2.38. The SMILES string of the molecule is Cc1cc(C(=O)N2CCc3c(nn(C)c3-c3cc(C(F)(F)F)nn3C)[C@@H]2C)c2cc(F)ccc2n1. The summed E-state index contributed by atoms with van der Waals surface area (Å²) in [5.74, 6) is -0.744. The summed E-state index contributed by atoms with van der Waals surface area (Å²) in [5.41, 5.74) is 2.76. The molecule has 35 heavy (non-hydrogen) atoms. The van der Waals surface area contributed by atoms with Crippen molar-refractivity contribution in [2.75, 3.05) is 6.54 Å². The molecule has 0 saturated carbocycles. The first kappa shape index (κ1) is 23.0. The van der Waals surface area contributed by atoms with Gasteiger partial charge in [-0.25, -0.2) is 4.39 Å². The van der Waals surface area contributed by atoms with Gasteiger partial charge in [-0.1, -0.05) is 0 Å². The smallest absolute Gasteiger partial charge is 0.330 e. The molecule has 4 heterocycles. The minimum absolute atomic E-state index is 0.281. The fourth-order valence-electron chi connectivity index (χ4n) is 4.83. The van der Waals surface area contributed by atoms with Crippen LogP contribution < -0.4 is 0 Å². The molecule has 1 aliphatic rings. The number of halogens is 4. The molecule has 0 N–H and O–H groups in total. The second-order valence-corrected chi connectivity index (χ2v) is 8.77. The van der Waals surface area contributed by atoms with Crippen molar-refractivity contribution in [1.82, 2.24) is 29.4 Å². The molecule has 11 heteroatoms. The Morgan fingerprint density at radius 2 is 1.83 bits per heavy atom. The minimum atomic E-state index is -4.56. The maximum atomic E-state index is 14.0. The maximum absolute atomic E-state index is 14.0. The summed E-state index contributed by atoms with van der Waals surface area (Å²) in [6.07, 6.45) is -4.16. The van der Waals surface area contributed by atoms with Crippen LogP contribution in [0.25, 0.3) is 22.3 Å². The molecule has 4 aromatic rings. The van der Waals surface area contributed by atoms with Gasteiger partial charge in [0.1, 0.15) is 5.82 Å². The highest BCUT2D eigenvalue weighted by Gasteiger charge is 2.38. The number of pyridine rings is 1. The average molecular weight is 486 g/mol. The third kappa shape index (κ3) is 3.75. The van der Waals surface area contributed by atoms with Crippen molar-refractivity contribution >= 4 is 16.8 Å². The number of carbonyl (C=O) groups is 1. The first-order valence-electron chi connectivity index (χ1n) is 11.0. The number of fused-ring (bicyclic) bond motifs is 2. The molecule has 1 atom stereocenters. The summed E-state index contributed by atoms with van der Waals surface area (Å²) in [6.45, 7) is 3.92. The number of hydrogen-bond donors (Lipinski definition) is 0. The Balaban J connectivity index is 1.55. The lowest BCUT2D eigenvalue weighted by Crippen LogP contribution is -2.39. The molecule has 0 saturated heterocycles. The number of aromatic nitrogens is 5. The number of amides is 1. The van der Waals surface area contributed by atoms with Gasteiger partial charge in [-0.2, -0.15) is 23.4 Å². The van der Waals surface area contributed by atoms with Gasteiger partial charge in [-0.15, -0.1) is 0 Å². The highest BCUT2D eigenvalue weighted by molar-refractivity contribution is 6.06. The van der Waals surface area contributed by atoms with Gasteiger partial charge >= 0.3 is 6.18 Å². The zero-order valence-corrected chi connectivity index (χ0v) is 19.5. The molecule has 1 aliphatic heterocycles. The Bertz CT molecular complexity index is 1490. The molecular formula is C24H22F4N6O. The lowest BCUT2D eigenvalue weighted by Gasteiger charge is -2.33. The number of rotatable bonds is 2. The van der Waals surface area contributed by atoms with Crippen molar-refractivity contribution in [3.05, 3.63) is 64.4 Å². The number of alkyl halides is 3. The summed E-state index contributed by atoms with van der Waals surface area (Å²) in [5, 5.41) is 8.62. The van der Waals surface area contributed by atoms with E-state index in [1.807, 2.05) is 6.92 Å². The summed E-state index contributed by atoms with van der Waals surface area (Å²) in [6, 6.07) is 6.36. The molecule has 7 nitrogen and oxygen atoms in total. The van der Waals surface area contributed by atoms with Gasteiger partial charge in [0.25, 0.3) is 5.91 Å². The van der Waals surface area contributed by atoms with Crippen LogP contribution in [0.4, 0.5) is 17.6 Å². The van der Waals surface area contributed by atoms with Crippen LogP contribution >= 0.6 is 0 Å². The molecule has 5 rings (SSSR count). The number of nitrogens with zero attached hydrogens (tertiary/aromatic N) is 6. The summed E-state index contributed by atoms with van der Waals surface area (Å²) in [7, 11) is 3.12. The number of aryl methyl sites for hydroxylation is 3. The van der Waals surface area contributed by atoms with Crippen LogP contribution in [0.15, 0.2) is 30.3 Å². The van der Waals surface area contributed by atoms with E-state index in [0.717, 1.165) is 11.6 Å². The van der Waals surface area contributed by atoms with Crippen molar-refractivity contribution in [3.8, 4) is 11.4 Å². The quantitative estimate of drug-likeness (QED) is 0.389. The number of carbonyl (C=O) groups excluding carboxylic acids is 1. The van der Waals surface area contributed by atoms with Crippen LogP contribution in [0.5, 0.6) is 0 Å². The standard InChI is InChI=1S/C24H22F4N6O/c1-12-9-17(16-10-14(25)5-6-18(16)29-12)23(35)34-8-7-15-21(13(34)2)31-33(4)22(15)19-11-20(24(26,27)28)30-32(19)3/h5-6,9-11,13H,7-8H2,1-4H3/t13-/m0/s1. The monoisotopic (exact) mass is 486 g/mol. The molecular weight excluding hydrogens is 464 g/mol. The van der Waals surface area contributed by atoms with E-state index in [4.69, 9.17) is 0 Å². The molecule has 0 unspecified atom stereocenters. The normalized spacial score (nSPS) is 16.1. The molecule has 0 aliphatic carbocycles. The predicted molar refractivity (Wildman–Crippen MR) is 120 cm³/mol. The molecule has 0 radical (unpaired) electrons. The minimum Gasteiger partial charge on any atom is -0.330 e. The fraction of sp³-hybridized carbons (Fsp3) is 0.333. The predicted octanol–water partition coefficient (Wildman–Crippen LogP) is 4.59. The van der Waals surface area contributed by atoms with E-state index in [9.17, 15) is 22.4 Å². The first-order chi connectivity index (χ1) is 16.5.